The number of benzene rings is 2. The molecule has 0 aliphatic rings. The average molecular weight is 348 g/mol. The molecule has 0 saturated carbocycles. The Labute approximate surface area is 143 Å². The molecule has 2 rings (SSSR count). The Morgan fingerprint density at radius 2 is 1.79 bits per heavy atom. The van der Waals surface area contributed by atoms with E-state index >= 15 is 0 Å². The molecule has 0 aliphatic heterocycles. The zero-order chi connectivity index (χ0) is 17.5. The molecule has 6 heteroatoms. The molecule has 0 saturated heterocycles. The van der Waals surface area contributed by atoms with E-state index in [9.17, 15) is 4.79 Å². The SMILES string of the molecule is COCOc1c(OC)cc(OC)cc1Pc1ccccc1C(C)=O. The van der Waals surface area contributed by atoms with E-state index in [0.29, 0.717) is 22.8 Å². The van der Waals surface area contributed by atoms with Crippen molar-refractivity contribution < 1.29 is 23.7 Å². The quantitative estimate of drug-likeness (QED) is 0.417. The van der Waals surface area contributed by atoms with Gasteiger partial charge in [0.1, 0.15) is 5.75 Å². The number of Topliss-reactive ketones (excluding diaryl/α,β-unsaturated/α-hetero) is 1. The largest absolute Gasteiger partial charge is 0.497 e. The minimum atomic E-state index is 0.0346. The second-order valence-corrected chi connectivity index (χ2v) is 6.31. The topological polar surface area (TPSA) is 54.0 Å². The van der Waals surface area contributed by atoms with Crippen molar-refractivity contribution in [1.29, 1.82) is 0 Å². The number of hydrogen-bond acceptors (Lipinski definition) is 5. The Hall–Kier alpha value is -2.10. The van der Waals surface area contributed by atoms with Crippen molar-refractivity contribution in [1.82, 2.24) is 0 Å². The summed E-state index contributed by atoms with van der Waals surface area (Å²) in [5.74, 6) is 1.86. The maximum atomic E-state index is 11.9. The molecule has 2 aromatic carbocycles. The lowest BCUT2D eigenvalue weighted by Crippen LogP contribution is -2.15. The van der Waals surface area contributed by atoms with Gasteiger partial charge >= 0.3 is 0 Å². The molecule has 0 fully saturated rings. The van der Waals surface area contributed by atoms with E-state index in [1.165, 1.54) is 0 Å². The summed E-state index contributed by atoms with van der Waals surface area (Å²) < 4.78 is 21.5. The molecule has 24 heavy (non-hydrogen) atoms. The zero-order valence-electron chi connectivity index (χ0n) is 14.2. The first-order chi connectivity index (χ1) is 11.6. The highest BCUT2D eigenvalue weighted by molar-refractivity contribution is 7.56. The Morgan fingerprint density at radius 1 is 1.04 bits per heavy atom. The second kappa shape index (κ2) is 8.67. The van der Waals surface area contributed by atoms with Crippen LogP contribution in [0.2, 0.25) is 0 Å². The molecular weight excluding hydrogens is 327 g/mol. The number of ketones is 1. The Bertz CT molecular complexity index is 715. The Balaban J connectivity index is 2.49. The van der Waals surface area contributed by atoms with Gasteiger partial charge in [0.15, 0.2) is 24.1 Å². The van der Waals surface area contributed by atoms with Crippen molar-refractivity contribution in [3.05, 3.63) is 42.0 Å². The lowest BCUT2D eigenvalue weighted by molar-refractivity contribution is 0.0499. The first-order valence-corrected chi connectivity index (χ1v) is 8.35. The van der Waals surface area contributed by atoms with Crippen LogP contribution >= 0.6 is 8.58 Å². The molecule has 1 unspecified atom stereocenters. The molecule has 1 atom stereocenters. The molecule has 0 aromatic heterocycles. The summed E-state index contributed by atoms with van der Waals surface area (Å²) in [6.45, 7) is 1.67. The molecule has 0 heterocycles. The third kappa shape index (κ3) is 4.25. The van der Waals surface area contributed by atoms with Crippen LogP contribution in [-0.4, -0.2) is 33.9 Å². The van der Waals surface area contributed by atoms with Crippen molar-refractivity contribution in [2.24, 2.45) is 0 Å². The van der Waals surface area contributed by atoms with E-state index in [2.05, 4.69) is 0 Å². The molecule has 0 N–H and O–H groups in total. The third-order valence-electron chi connectivity index (χ3n) is 3.38. The fourth-order valence-corrected chi connectivity index (χ4v) is 3.64. The summed E-state index contributed by atoms with van der Waals surface area (Å²) in [5.41, 5.74) is 0.704. The Morgan fingerprint density at radius 3 is 2.42 bits per heavy atom. The molecule has 0 spiro atoms. The lowest BCUT2D eigenvalue weighted by Gasteiger charge is -2.17. The van der Waals surface area contributed by atoms with Gasteiger partial charge in [0.05, 0.1) is 14.2 Å². The summed E-state index contributed by atoms with van der Waals surface area (Å²) in [5, 5.41) is 1.83. The monoisotopic (exact) mass is 348 g/mol. The number of carbonyl (C=O) groups is 1. The third-order valence-corrected chi connectivity index (χ3v) is 4.73. The van der Waals surface area contributed by atoms with E-state index in [4.69, 9.17) is 18.9 Å². The van der Waals surface area contributed by atoms with Crippen LogP contribution in [0.4, 0.5) is 0 Å². The molecule has 128 valence electrons. The van der Waals surface area contributed by atoms with Crippen LogP contribution < -0.4 is 24.8 Å². The summed E-state index contributed by atoms with van der Waals surface area (Å²) >= 11 is 0. The van der Waals surface area contributed by atoms with Crippen molar-refractivity contribution in [2.75, 3.05) is 28.1 Å². The van der Waals surface area contributed by atoms with Gasteiger partial charge < -0.3 is 18.9 Å². The van der Waals surface area contributed by atoms with Crippen LogP contribution in [0.1, 0.15) is 17.3 Å². The average Bonchev–Trinajstić information content (AvgIpc) is 2.60. The van der Waals surface area contributed by atoms with E-state index in [1.54, 1.807) is 34.3 Å². The maximum absolute atomic E-state index is 11.9. The summed E-state index contributed by atoms with van der Waals surface area (Å²) in [6.07, 6.45) is 0. The van der Waals surface area contributed by atoms with Gasteiger partial charge in [0.25, 0.3) is 0 Å². The number of rotatable bonds is 8. The highest BCUT2D eigenvalue weighted by atomic mass is 31.1. The van der Waals surface area contributed by atoms with E-state index < -0.39 is 0 Å². The first-order valence-electron chi connectivity index (χ1n) is 7.35. The van der Waals surface area contributed by atoms with Crippen LogP contribution in [-0.2, 0) is 4.74 Å². The van der Waals surface area contributed by atoms with Gasteiger partial charge in [-0.05, 0) is 18.3 Å². The molecular formula is C18H21O5P. The van der Waals surface area contributed by atoms with Gasteiger partial charge in [-0.1, -0.05) is 32.8 Å². The van der Waals surface area contributed by atoms with Gasteiger partial charge in [-0.2, -0.15) is 0 Å². The second-order valence-electron chi connectivity index (χ2n) is 4.98. The van der Waals surface area contributed by atoms with Crippen LogP contribution in [0.25, 0.3) is 0 Å². The minimum absolute atomic E-state index is 0.0346. The summed E-state index contributed by atoms with van der Waals surface area (Å²) in [7, 11) is 4.95. The lowest BCUT2D eigenvalue weighted by atomic mass is 10.1. The standard InChI is InChI=1S/C18H21O5P/c1-12(19)14-7-5-6-8-16(14)24-17-10-13(21-3)9-15(22-4)18(17)23-11-20-2/h5-10,24H,11H2,1-4H3. The predicted molar refractivity (Wildman–Crippen MR) is 96.1 cm³/mol. The number of hydrogen-bond donors (Lipinski definition) is 0. The van der Waals surface area contributed by atoms with Crippen LogP contribution in [0.5, 0.6) is 17.2 Å². The van der Waals surface area contributed by atoms with Crippen molar-refractivity contribution in [3.8, 4) is 17.2 Å². The van der Waals surface area contributed by atoms with E-state index in [-0.39, 0.29) is 21.2 Å². The minimum Gasteiger partial charge on any atom is -0.497 e. The normalized spacial score (nSPS) is 10.8. The highest BCUT2D eigenvalue weighted by Gasteiger charge is 2.16. The van der Waals surface area contributed by atoms with Gasteiger partial charge in [0.2, 0.25) is 0 Å². The zero-order valence-corrected chi connectivity index (χ0v) is 15.2. The molecule has 0 amide bonds. The number of ether oxygens (including phenoxy) is 4. The van der Waals surface area contributed by atoms with Crippen LogP contribution in [0.15, 0.2) is 36.4 Å². The molecule has 5 nitrogen and oxygen atoms in total. The van der Waals surface area contributed by atoms with Gasteiger partial charge in [-0.3, -0.25) is 4.79 Å². The van der Waals surface area contributed by atoms with E-state index in [0.717, 1.165) is 10.6 Å². The molecule has 0 aliphatic carbocycles. The first kappa shape index (κ1) is 18.2. The van der Waals surface area contributed by atoms with Crippen molar-refractivity contribution in [3.63, 3.8) is 0 Å². The Kier molecular flexibility index (Phi) is 6.59. The van der Waals surface area contributed by atoms with Crippen molar-refractivity contribution >= 4 is 25.0 Å². The highest BCUT2D eigenvalue weighted by Crippen LogP contribution is 2.34. The van der Waals surface area contributed by atoms with Gasteiger partial charge in [-0.15, -0.1) is 0 Å². The number of methoxy groups -OCH3 is 3. The van der Waals surface area contributed by atoms with Crippen LogP contribution in [0, 0.1) is 0 Å². The fraction of sp³-hybridized carbons (Fsp3) is 0.278. The smallest absolute Gasteiger partial charge is 0.188 e. The molecule has 2 aromatic rings. The van der Waals surface area contributed by atoms with E-state index in [1.807, 2.05) is 30.3 Å². The number of carbonyl (C=O) groups excluding carboxylic acids is 1. The molecule has 0 radical (unpaired) electrons. The fourth-order valence-electron chi connectivity index (χ4n) is 2.25. The van der Waals surface area contributed by atoms with Gasteiger partial charge in [0, 0.05) is 24.0 Å². The summed E-state index contributed by atoms with van der Waals surface area (Å²) in [6, 6.07) is 11.2. The van der Waals surface area contributed by atoms with Crippen molar-refractivity contribution in [2.45, 2.75) is 6.92 Å². The van der Waals surface area contributed by atoms with Gasteiger partial charge in [-0.25, -0.2) is 0 Å². The summed E-state index contributed by atoms with van der Waals surface area (Å²) in [4.78, 5) is 11.9. The molecule has 0 bridgehead atoms. The van der Waals surface area contributed by atoms with Crippen LogP contribution in [0.3, 0.4) is 0 Å². The maximum Gasteiger partial charge on any atom is 0.188 e. The predicted octanol–water partition coefficient (Wildman–Crippen LogP) is 2.52.